The number of rotatable bonds is 1. The highest BCUT2D eigenvalue weighted by atomic mass is 32.1. The van der Waals surface area contributed by atoms with Gasteiger partial charge < -0.3 is 10.2 Å². The second-order valence-electron chi connectivity index (χ2n) is 3.62. The third-order valence-electron chi connectivity index (χ3n) is 2.57. The largest absolute Gasteiger partial charge is 0.360 e. The maximum Gasteiger partial charge on any atom is 0.173 e. The molecular formula is C11H14N2S. The van der Waals surface area contributed by atoms with Crippen LogP contribution in [0.1, 0.15) is 11.1 Å². The van der Waals surface area contributed by atoms with Crippen LogP contribution in [0.5, 0.6) is 0 Å². The molecule has 1 heterocycles. The summed E-state index contributed by atoms with van der Waals surface area (Å²) in [7, 11) is 0. The van der Waals surface area contributed by atoms with Crippen molar-refractivity contribution < 1.29 is 0 Å². The average Bonchev–Trinajstić information content (AvgIpc) is 2.52. The number of benzene rings is 1. The Bertz CT molecular complexity index is 353. The summed E-state index contributed by atoms with van der Waals surface area (Å²) in [4.78, 5) is 2.18. The van der Waals surface area contributed by atoms with Gasteiger partial charge in [-0.1, -0.05) is 18.2 Å². The maximum atomic E-state index is 5.26. The Morgan fingerprint density at radius 3 is 2.43 bits per heavy atom. The molecule has 2 rings (SSSR count). The van der Waals surface area contributed by atoms with E-state index in [-0.39, 0.29) is 0 Å². The minimum atomic E-state index is 0.849. The number of anilines is 1. The lowest BCUT2D eigenvalue weighted by Gasteiger charge is -2.21. The van der Waals surface area contributed by atoms with Crippen molar-refractivity contribution in [3.8, 4) is 0 Å². The molecule has 0 aliphatic carbocycles. The summed E-state index contributed by atoms with van der Waals surface area (Å²) < 4.78 is 0. The Morgan fingerprint density at radius 2 is 1.93 bits per heavy atom. The predicted octanol–water partition coefficient (Wildman–Crippen LogP) is 2.00. The molecule has 1 aromatic carbocycles. The van der Waals surface area contributed by atoms with E-state index in [1.54, 1.807) is 0 Å². The van der Waals surface area contributed by atoms with Gasteiger partial charge in [-0.15, -0.1) is 0 Å². The molecule has 1 fully saturated rings. The molecule has 0 bridgehead atoms. The molecule has 0 spiro atoms. The minimum Gasteiger partial charge on any atom is -0.360 e. The predicted molar refractivity (Wildman–Crippen MR) is 63.9 cm³/mol. The standard InChI is InChI=1S/C11H14N2S/c1-8-4-3-5-9(2)10(8)13-7-6-12-11(13)14/h3-5H,6-7H2,1-2H3,(H,12,14). The lowest BCUT2D eigenvalue weighted by atomic mass is 10.1. The Morgan fingerprint density at radius 1 is 1.29 bits per heavy atom. The number of hydrogen-bond donors (Lipinski definition) is 1. The molecule has 2 nitrogen and oxygen atoms in total. The molecule has 3 heteroatoms. The zero-order valence-electron chi connectivity index (χ0n) is 8.50. The molecule has 0 aromatic heterocycles. The number of nitrogens with zero attached hydrogens (tertiary/aromatic N) is 1. The number of nitrogens with one attached hydrogen (secondary N) is 1. The molecular weight excluding hydrogens is 192 g/mol. The Labute approximate surface area is 89.9 Å². The first kappa shape index (κ1) is 9.46. The van der Waals surface area contributed by atoms with Crippen molar-refractivity contribution in [1.82, 2.24) is 5.32 Å². The van der Waals surface area contributed by atoms with Crippen molar-refractivity contribution in [1.29, 1.82) is 0 Å². The van der Waals surface area contributed by atoms with Crippen molar-refractivity contribution in [3.05, 3.63) is 29.3 Å². The highest BCUT2D eigenvalue weighted by molar-refractivity contribution is 7.80. The molecule has 1 N–H and O–H groups in total. The van der Waals surface area contributed by atoms with Crippen molar-refractivity contribution >= 4 is 23.0 Å². The van der Waals surface area contributed by atoms with E-state index in [4.69, 9.17) is 12.2 Å². The van der Waals surface area contributed by atoms with Crippen LogP contribution in [-0.4, -0.2) is 18.2 Å². The van der Waals surface area contributed by atoms with Gasteiger partial charge in [-0.25, -0.2) is 0 Å². The lowest BCUT2D eigenvalue weighted by Crippen LogP contribution is -2.28. The molecule has 0 saturated carbocycles. The highest BCUT2D eigenvalue weighted by Gasteiger charge is 2.20. The molecule has 0 atom stereocenters. The van der Waals surface area contributed by atoms with E-state index in [2.05, 4.69) is 42.3 Å². The smallest absolute Gasteiger partial charge is 0.173 e. The molecule has 0 radical (unpaired) electrons. The zero-order valence-corrected chi connectivity index (χ0v) is 9.32. The number of thiocarbonyl (C=S) groups is 1. The van der Waals surface area contributed by atoms with Gasteiger partial charge in [0.05, 0.1) is 0 Å². The molecule has 74 valence electrons. The van der Waals surface area contributed by atoms with Crippen LogP contribution in [0, 0.1) is 13.8 Å². The van der Waals surface area contributed by atoms with Gasteiger partial charge in [0, 0.05) is 18.8 Å². The van der Waals surface area contributed by atoms with Crippen LogP contribution in [-0.2, 0) is 0 Å². The number of aryl methyl sites for hydroxylation is 2. The summed E-state index contributed by atoms with van der Waals surface area (Å²) in [5.41, 5.74) is 3.84. The van der Waals surface area contributed by atoms with E-state index in [1.165, 1.54) is 16.8 Å². The van der Waals surface area contributed by atoms with Crippen molar-refractivity contribution in [2.45, 2.75) is 13.8 Å². The minimum absolute atomic E-state index is 0.849. The first-order valence-electron chi connectivity index (χ1n) is 4.82. The zero-order chi connectivity index (χ0) is 10.1. The van der Waals surface area contributed by atoms with Crippen LogP contribution in [0.3, 0.4) is 0 Å². The molecule has 1 aliphatic rings. The second kappa shape index (κ2) is 3.58. The van der Waals surface area contributed by atoms with Crippen LogP contribution < -0.4 is 10.2 Å². The van der Waals surface area contributed by atoms with Crippen molar-refractivity contribution in [2.75, 3.05) is 18.0 Å². The highest BCUT2D eigenvalue weighted by Crippen LogP contribution is 2.25. The topological polar surface area (TPSA) is 15.3 Å². The Kier molecular flexibility index (Phi) is 2.42. The Hall–Kier alpha value is -1.09. The van der Waals surface area contributed by atoms with Gasteiger partial charge in [0.2, 0.25) is 0 Å². The van der Waals surface area contributed by atoms with Crippen molar-refractivity contribution in [2.24, 2.45) is 0 Å². The number of para-hydroxylation sites is 1. The molecule has 14 heavy (non-hydrogen) atoms. The summed E-state index contributed by atoms with van der Waals surface area (Å²) in [5, 5.41) is 4.03. The van der Waals surface area contributed by atoms with Crippen LogP contribution >= 0.6 is 12.2 Å². The summed E-state index contributed by atoms with van der Waals surface area (Å²) in [6, 6.07) is 6.34. The van der Waals surface area contributed by atoms with Gasteiger partial charge in [0.1, 0.15) is 0 Å². The van der Waals surface area contributed by atoms with E-state index in [9.17, 15) is 0 Å². The van der Waals surface area contributed by atoms with E-state index < -0.39 is 0 Å². The summed E-state index contributed by atoms with van der Waals surface area (Å²) in [6.07, 6.45) is 0. The summed E-state index contributed by atoms with van der Waals surface area (Å²) in [6.45, 7) is 6.18. The second-order valence-corrected chi connectivity index (χ2v) is 4.01. The van der Waals surface area contributed by atoms with E-state index in [0.717, 1.165) is 18.2 Å². The van der Waals surface area contributed by atoms with Gasteiger partial charge in [-0.2, -0.15) is 0 Å². The molecule has 1 aliphatic heterocycles. The van der Waals surface area contributed by atoms with E-state index >= 15 is 0 Å². The van der Waals surface area contributed by atoms with Gasteiger partial charge >= 0.3 is 0 Å². The average molecular weight is 206 g/mol. The van der Waals surface area contributed by atoms with Gasteiger partial charge in [0.25, 0.3) is 0 Å². The van der Waals surface area contributed by atoms with Crippen molar-refractivity contribution in [3.63, 3.8) is 0 Å². The first-order valence-corrected chi connectivity index (χ1v) is 5.22. The molecule has 0 amide bonds. The third-order valence-corrected chi connectivity index (χ3v) is 2.93. The van der Waals surface area contributed by atoms with Crippen LogP contribution in [0.15, 0.2) is 18.2 Å². The maximum absolute atomic E-state index is 5.26. The first-order chi connectivity index (χ1) is 6.70. The quantitative estimate of drug-likeness (QED) is 0.708. The van der Waals surface area contributed by atoms with Crippen LogP contribution in [0.2, 0.25) is 0 Å². The molecule has 1 saturated heterocycles. The van der Waals surface area contributed by atoms with Gasteiger partial charge in [0.15, 0.2) is 5.11 Å². The Balaban J connectivity index is 2.44. The van der Waals surface area contributed by atoms with E-state index in [0.29, 0.717) is 0 Å². The fraction of sp³-hybridized carbons (Fsp3) is 0.364. The number of hydrogen-bond acceptors (Lipinski definition) is 1. The van der Waals surface area contributed by atoms with Gasteiger partial charge in [-0.05, 0) is 37.2 Å². The fourth-order valence-corrected chi connectivity index (χ4v) is 2.20. The lowest BCUT2D eigenvalue weighted by molar-refractivity contribution is 0.971. The SMILES string of the molecule is Cc1cccc(C)c1N1CCNC1=S. The third kappa shape index (κ3) is 1.48. The van der Waals surface area contributed by atoms with Crippen LogP contribution in [0.25, 0.3) is 0 Å². The molecule has 1 aromatic rings. The normalized spacial score (nSPS) is 15.9. The van der Waals surface area contributed by atoms with Gasteiger partial charge in [-0.3, -0.25) is 0 Å². The van der Waals surface area contributed by atoms with Crippen LogP contribution in [0.4, 0.5) is 5.69 Å². The summed E-state index contributed by atoms with van der Waals surface area (Å²) >= 11 is 5.26. The molecule has 0 unspecified atom stereocenters. The fourth-order valence-electron chi connectivity index (χ4n) is 1.92. The van der Waals surface area contributed by atoms with E-state index in [1.807, 2.05) is 0 Å². The monoisotopic (exact) mass is 206 g/mol. The summed E-state index contributed by atoms with van der Waals surface area (Å²) in [5.74, 6) is 0.